The number of ketones is 2. The number of nitrogens with one attached hydrogen (secondary N) is 3. The number of carboxylic acids is 1. The molecule has 1 aliphatic rings. The van der Waals surface area contributed by atoms with E-state index in [1.165, 1.54) is 31.4 Å². The molecule has 26 heteroatoms. The fraction of sp³-hybridized carbons (Fsp3) is 0.500. The molecule has 2 aromatic carbocycles. The van der Waals surface area contributed by atoms with Gasteiger partial charge in [0, 0.05) is 41.6 Å². The van der Waals surface area contributed by atoms with Crippen LogP contribution in [0.2, 0.25) is 31.7 Å². The Morgan fingerprint density at radius 2 is 1.28 bits per heavy atom. The first kappa shape index (κ1) is 61.7. The number of hydrogen-bond acceptors (Lipinski definition) is 16. The van der Waals surface area contributed by atoms with E-state index in [9.17, 15) is 48.4 Å². The number of methoxy groups -OCH3 is 2. The smallest absolute Gasteiger partial charge is 0.507 e. The van der Waals surface area contributed by atoms with Crippen molar-refractivity contribution in [3.63, 3.8) is 0 Å². The zero-order valence-electron chi connectivity index (χ0n) is 38.5. The number of aliphatic hydroxyl groups is 1. The van der Waals surface area contributed by atoms with Crippen LogP contribution in [0.4, 0.5) is 0 Å². The third-order valence-corrected chi connectivity index (χ3v) is 10.8. The number of Topliss-reactive ketones (excluding diaryl/α,β-unsaturated/α-hetero) is 2. The Morgan fingerprint density at radius 1 is 0.824 bits per heavy atom. The fourth-order valence-corrected chi connectivity index (χ4v) is 7.14. The van der Waals surface area contributed by atoms with Crippen molar-refractivity contribution in [1.29, 1.82) is 0 Å². The van der Waals surface area contributed by atoms with Crippen molar-refractivity contribution in [2.45, 2.75) is 89.3 Å². The number of ether oxygens (including phenoxy) is 2. The van der Waals surface area contributed by atoms with Crippen molar-refractivity contribution in [1.82, 2.24) is 10.6 Å². The van der Waals surface area contributed by atoms with Crippen LogP contribution in [-0.2, 0) is 47.5 Å². The number of likely N-dealkylation sites (N-methyl/N-ethyl adjacent to an activating group) is 1. The van der Waals surface area contributed by atoms with Gasteiger partial charge in [-0.1, -0.05) is 74.1 Å². The van der Waals surface area contributed by atoms with E-state index in [0.29, 0.717) is 27.8 Å². The van der Waals surface area contributed by atoms with Gasteiger partial charge >= 0.3 is 38.1 Å². The van der Waals surface area contributed by atoms with E-state index in [4.69, 9.17) is 76.4 Å². The molecule has 1 saturated heterocycles. The molecule has 376 valence electrons. The number of quaternary nitrogens is 1. The fourth-order valence-electron chi connectivity index (χ4n) is 6.39. The SMILES string of the molecule is CC(C)C[C@H](CC(=O)CNC(=O)c1cc(Cl)ccc1Cl)B(O)O.COC(=O)[C@H](N)[C@@H](O)C(=O)O.[CH2-][NH+](C)[C@@H](C(=O)OC)[C@H]1OB([C@@H](CC(=O)CNC(=O)c2cc(Cl)ccc2Cl)CC(C)C)OC1=O. The Kier molecular flexibility index (Phi) is 27.5. The first-order valence-electron chi connectivity index (χ1n) is 20.8. The first-order valence-corrected chi connectivity index (χ1v) is 22.4. The van der Waals surface area contributed by atoms with Gasteiger partial charge in [-0.15, -0.1) is 0 Å². The van der Waals surface area contributed by atoms with Crippen molar-refractivity contribution in [2.75, 3.05) is 34.4 Å². The summed E-state index contributed by atoms with van der Waals surface area (Å²) < 4.78 is 20.1. The number of aliphatic hydroxyl groups excluding tert-OH is 1. The largest absolute Gasteiger partial charge is 0.531 e. The van der Waals surface area contributed by atoms with Gasteiger partial charge in [-0.2, -0.15) is 7.05 Å². The minimum absolute atomic E-state index is 0.0115. The van der Waals surface area contributed by atoms with Crippen LogP contribution in [0, 0.1) is 18.9 Å². The summed E-state index contributed by atoms with van der Waals surface area (Å²) in [6.45, 7) is 7.32. The Balaban J connectivity index is 0.000000583. The molecule has 3 rings (SSSR count). The van der Waals surface area contributed by atoms with E-state index in [2.05, 4.69) is 22.4 Å². The van der Waals surface area contributed by atoms with Crippen LogP contribution in [-0.4, -0.2) is 140 Å². The van der Waals surface area contributed by atoms with Crippen LogP contribution in [0.25, 0.3) is 0 Å². The highest BCUT2D eigenvalue weighted by molar-refractivity contribution is 6.51. The van der Waals surface area contributed by atoms with Crippen LogP contribution in [0.3, 0.4) is 0 Å². The zero-order chi connectivity index (χ0) is 52.2. The molecule has 1 unspecified atom stereocenters. The summed E-state index contributed by atoms with van der Waals surface area (Å²) in [6, 6.07) is 6.40. The quantitative estimate of drug-likeness (QED) is 0.0474. The minimum atomic E-state index is -1.91. The van der Waals surface area contributed by atoms with Gasteiger partial charge in [0.25, 0.3) is 11.8 Å². The molecule has 1 fully saturated rings. The second kappa shape index (κ2) is 30.3. The first-order chi connectivity index (χ1) is 31.6. The second-order valence-corrected chi connectivity index (χ2v) is 18.0. The molecule has 1 aliphatic heterocycles. The summed E-state index contributed by atoms with van der Waals surface area (Å²) in [5.41, 5.74) is 5.31. The van der Waals surface area contributed by atoms with Gasteiger partial charge in [0.15, 0.2) is 23.7 Å². The molecule has 1 heterocycles. The molecule has 0 spiro atoms. The normalized spacial score (nSPS) is 15.7. The maximum atomic E-state index is 12.7. The van der Waals surface area contributed by atoms with Gasteiger partial charge in [-0.3, -0.25) is 28.8 Å². The summed E-state index contributed by atoms with van der Waals surface area (Å²) in [4.78, 5) is 94.6. The lowest BCUT2D eigenvalue weighted by atomic mass is 9.65. The third kappa shape index (κ3) is 21.1. The number of carboxylic acid groups (broad SMARTS) is 1. The van der Waals surface area contributed by atoms with Crippen LogP contribution in [0.15, 0.2) is 36.4 Å². The highest BCUT2D eigenvalue weighted by Gasteiger charge is 2.52. The second-order valence-electron chi connectivity index (χ2n) is 16.3. The third-order valence-electron chi connectivity index (χ3n) is 9.67. The lowest BCUT2D eigenvalue weighted by Crippen LogP contribution is -3.11. The lowest BCUT2D eigenvalue weighted by Gasteiger charge is -2.27. The van der Waals surface area contributed by atoms with Crippen molar-refractivity contribution in [3.05, 3.63) is 74.7 Å². The number of rotatable bonds is 22. The molecule has 9 N–H and O–H groups in total. The van der Waals surface area contributed by atoms with Crippen molar-refractivity contribution in [2.24, 2.45) is 17.6 Å². The molecule has 0 aromatic heterocycles. The van der Waals surface area contributed by atoms with E-state index in [0.717, 1.165) is 7.11 Å². The average molecular weight is 1040 g/mol. The van der Waals surface area contributed by atoms with Crippen molar-refractivity contribution in [3.8, 4) is 0 Å². The van der Waals surface area contributed by atoms with Gasteiger partial charge in [-0.05, 0) is 61.1 Å². The number of benzene rings is 2. The van der Waals surface area contributed by atoms with Crippen LogP contribution < -0.4 is 21.3 Å². The molecule has 7 atom stereocenters. The number of carbonyl (C=O) groups excluding carboxylic acids is 7. The highest BCUT2D eigenvalue weighted by atomic mass is 35.5. The van der Waals surface area contributed by atoms with Crippen molar-refractivity contribution < 1.29 is 82.3 Å². The topological polar surface area (TPSA) is 309 Å². The molecular weight excluding hydrogens is 980 g/mol. The van der Waals surface area contributed by atoms with E-state index < -0.39 is 85.9 Å². The standard InChI is InChI=1S/C22H29BCl2N2O7.C15H20BCl2NO4.C5H9NO5/c1-12(2)8-13(23-33-19(22(31)34-23)18(27(3)4)21(30)32-5)9-15(28)11-26-20(29)16-10-14(24)6-7-17(16)25;1-9(2)5-10(16(22)23)6-12(20)8-19-15(21)13-7-11(17)3-4-14(13)18;1-11-5(10)2(6)3(7)4(8)9/h6-7,10,12-13,18-19,27H,3,8-9,11H2,1-2,4-5H3,(H,26,29);3-4,7,9-10,22-23H,5-6,8H2,1-2H3,(H,19,21);2-3,7H,6H2,1H3,(H,8,9)/t13-,18-,19-;10-;2-,3-/m111/s1. The summed E-state index contributed by atoms with van der Waals surface area (Å²) in [7, 11) is 5.03. The molecule has 0 radical (unpaired) electrons. The zero-order valence-corrected chi connectivity index (χ0v) is 41.5. The number of halogens is 4. The number of esters is 2. The Bertz CT molecular complexity index is 2070. The van der Waals surface area contributed by atoms with E-state index >= 15 is 0 Å². The number of nitrogens with two attached hydrogens (primary N) is 1. The Morgan fingerprint density at radius 3 is 1.68 bits per heavy atom. The van der Waals surface area contributed by atoms with Gasteiger partial charge in [-0.25, -0.2) is 9.59 Å². The van der Waals surface area contributed by atoms with Gasteiger partial charge in [0.2, 0.25) is 6.10 Å². The molecule has 0 bridgehead atoms. The van der Waals surface area contributed by atoms with E-state index in [1.54, 1.807) is 19.2 Å². The molecular formula is C42H58B2Cl4N4O16. The van der Waals surface area contributed by atoms with Crippen LogP contribution in [0.1, 0.15) is 74.1 Å². The van der Waals surface area contributed by atoms with Gasteiger partial charge in [0.1, 0.15) is 6.04 Å². The summed E-state index contributed by atoms with van der Waals surface area (Å²) in [5, 5.41) is 41.6. The van der Waals surface area contributed by atoms with Gasteiger partial charge in [0.05, 0.1) is 48.5 Å². The maximum Gasteiger partial charge on any atom is 0.531 e. The van der Waals surface area contributed by atoms with Crippen LogP contribution in [0.5, 0.6) is 0 Å². The van der Waals surface area contributed by atoms with Crippen LogP contribution >= 0.6 is 46.4 Å². The molecule has 2 aromatic rings. The van der Waals surface area contributed by atoms with E-state index in [1.807, 2.05) is 27.7 Å². The monoisotopic (exact) mass is 1040 g/mol. The summed E-state index contributed by atoms with van der Waals surface area (Å²) in [5.74, 6) is -6.12. The minimum Gasteiger partial charge on any atom is -0.507 e. The Hall–Kier alpha value is -4.35. The van der Waals surface area contributed by atoms with Gasteiger partial charge < -0.3 is 60.3 Å². The number of amides is 2. The predicted molar refractivity (Wildman–Crippen MR) is 252 cm³/mol. The molecule has 0 saturated carbocycles. The number of aliphatic carboxylic acids is 1. The summed E-state index contributed by atoms with van der Waals surface area (Å²) >= 11 is 23.7. The van der Waals surface area contributed by atoms with E-state index in [-0.39, 0.29) is 70.5 Å². The maximum absolute atomic E-state index is 12.7. The highest BCUT2D eigenvalue weighted by Crippen LogP contribution is 2.31. The molecule has 20 nitrogen and oxygen atoms in total. The molecule has 0 aliphatic carbocycles. The molecule has 68 heavy (non-hydrogen) atoms. The summed E-state index contributed by atoms with van der Waals surface area (Å²) in [6.07, 6.45) is -2.12. The number of carbonyl (C=O) groups is 8. The predicted octanol–water partition coefficient (Wildman–Crippen LogP) is 1.88. The van der Waals surface area contributed by atoms with Crippen molar-refractivity contribution >= 4 is 108 Å². The molecule has 2 amide bonds. The lowest BCUT2D eigenvalue weighted by molar-refractivity contribution is -0.853. The number of hydrogen-bond donors (Lipinski definition) is 8. The Labute approximate surface area is 415 Å². The average Bonchev–Trinajstić information content (AvgIpc) is 3.64.